The van der Waals surface area contributed by atoms with Gasteiger partial charge in [-0.2, -0.15) is 5.26 Å². The Kier molecular flexibility index (Phi) is 4.64. The van der Waals surface area contributed by atoms with E-state index in [1.54, 1.807) is 0 Å². The van der Waals surface area contributed by atoms with Crippen LogP contribution >= 0.6 is 15.9 Å². The SMILES string of the molecule is CCC(CC#N)Oc1ccc(C)cc1Br. The van der Waals surface area contributed by atoms with Gasteiger partial charge in [0, 0.05) is 0 Å². The average Bonchev–Trinajstić information content (AvgIpc) is 2.21. The summed E-state index contributed by atoms with van der Waals surface area (Å²) in [6, 6.07) is 8.07. The van der Waals surface area contributed by atoms with Crippen molar-refractivity contribution < 1.29 is 4.74 Å². The van der Waals surface area contributed by atoms with Crippen LogP contribution < -0.4 is 4.74 Å². The summed E-state index contributed by atoms with van der Waals surface area (Å²) in [4.78, 5) is 0. The lowest BCUT2D eigenvalue weighted by Gasteiger charge is -2.15. The second kappa shape index (κ2) is 5.77. The second-order valence-electron chi connectivity index (χ2n) is 3.44. The van der Waals surface area contributed by atoms with Gasteiger partial charge in [-0.05, 0) is 47.0 Å². The van der Waals surface area contributed by atoms with Gasteiger partial charge in [-0.15, -0.1) is 0 Å². The standard InChI is InChI=1S/C12H14BrNO/c1-3-10(6-7-14)15-12-5-4-9(2)8-11(12)13/h4-5,8,10H,3,6H2,1-2H3. The highest BCUT2D eigenvalue weighted by atomic mass is 79.9. The number of ether oxygens (including phenoxy) is 1. The van der Waals surface area contributed by atoms with Crippen LogP contribution in [0.25, 0.3) is 0 Å². The number of hydrogen-bond acceptors (Lipinski definition) is 2. The summed E-state index contributed by atoms with van der Waals surface area (Å²) in [7, 11) is 0. The van der Waals surface area contributed by atoms with Crippen molar-refractivity contribution in [2.24, 2.45) is 0 Å². The molecule has 0 saturated heterocycles. The molecule has 1 aromatic rings. The fourth-order valence-corrected chi connectivity index (χ4v) is 1.84. The van der Waals surface area contributed by atoms with Crippen LogP contribution in [-0.2, 0) is 0 Å². The summed E-state index contributed by atoms with van der Waals surface area (Å²) in [5.74, 6) is 0.808. The molecule has 0 aliphatic carbocycles. The zero-order valence-corrected chi connectivity index (χ0v) is 10.5. The summed E-state index contributed by atoms with van der Waals surface area (Å²) in [6.07, 6.45) is 1.25. The Morgan fingerprint density at radius 3 is 2.80 bits per heavy atom. The molecule has 0 aromatic heterocycles. The lowest BCUT2D eigenvalue weighted by atomic mass is 10.2. The first-order valence-electron chi connectivity index (χ1n) is 4.97. The van der Waals surface area contributed by atoms with E-state index in [4.69, 9.17) is 10.00 Å². The van der Waals surface area contributed by atoms with E-state index in [1.807, 2.05) is 32.0 Å². The van der Waals surface area contributed by atoms with Crippen molar-refractivity contribution in [2.75, 3.05) is 0 Å². The first kappa shape index (κ1) is 12.1. The molecule has 0 fully saturated rings. The third-order valence-corrected chi connectivity index (χ3v) is 2.78. The van der Waals surface area contributed by atoms with Crippen molar-refractivity contribution in [2.45, 2.75) is 32.8 Å². The fraction of sp³-hybridized carbons (Fsp3) is 0.417. The van der Waals surface area contributed by atoms with Crippen LogP contribution in [0.1, 0.15) is 25.3 Å². The van der Waals surface area contributed by atoms with E-state index in [1.165, 1.54) is 5.56 Å². The Balaban J connectivity index is 2.75. The van der Waals surface area contributed by atoms with Gasteiger partial charge < -0.3 is 4.74 Å². The Morgan fingerprint density at radius 2 is 2.27 bits per heavy atom. The van der Waals surface area contributed by atoms with Gasteiger partial charge in [0.15, 0.2) is 0 Å². The van der Waals surface area contributed by atoms with Crippen LogP contribution in [0.4, 0.5) is 0 Å². The molecule has 0 aliphatic heterocycles. The minimum Gasteiger partial charge on any atom is -0.488 e. The molecule has 0 spiro atoms. The highest BCUT2D eigenvalue weighted by Crippen LogP contribution is 2.27. The molecule has 0 N–H and O–H groups in total. The van der Waals surface area contributed by atoms with E-state index in [9.17, 15) is 0 Å². The van der Waals surface area contributed by atoms with Crippen LogP contribution in [0, 0.1) is 18.3 Å². The third kappa shape index (κ3) is 3.56. The van der Waals surface area contributed by atoms with E-state index in [0.29, 0.717) is 6.42 Å². The van der Waals surface area contributed by atoms with Crippen molar-refractivity contribution >= 4 is 15.9 Å². The Labute approximate surface area is 99.0 Å². The van der Waals surface area contributed by atoms with Crippen LogP contribution in [0.3, 0.4) is 0 Å². The fourth-order valence-electron chi connectivity index (χ4n) is 1.25. The predicted octanol–water partition coefficient (Wildman–Crippen LogP) is 3.83. The smallest absolute Gasteiger partial charge is 0.133 e. The number of aryl methyl sites for hydroxylation is 1. The molecular formula is C12H14BrNO. The van der Waals surface area contributed by atoms with Crippen molar-refractivity contribution in [1.82, 2.24) is 0 Å². The van der Waals surface area contributed by atoms with Crippen molar-refractivity contribution in [3.63, 3.8) is 0 Å². The average molecular weight is 268 g/mol. The molecule has 0 heterocycles. The molecule has 1 aromatic carbocycles. The van der Waals surface area contributed by atoms with E-state index in [-0.39, 0.29) is 6.10 Å². The van der Waals surface area contributed by atoms with Gasteiger partial charge in [0.2, 0.25) is 0 Å². The summed E-state index contributed by atoms with van der Waals surface area (Å²) in [6.45, 7) is 4.05. The molecule has 1 unspecified atom stereocenters. The van der Waals surface area contributed by atoms with Gasteiger partial charge in [0.05, 0.1) is 17.0 Å². The molecule has 0 amide bonds. The van der Waals surface area contributed by atoms with E-state index in [0.717, 1.165) is 16.6 Å². The lowest BCUT2D eigenvalue weighted by Crippen LogP contribution is -2.14. The predicted molar refractivity (Wildman–Crippen MR) is 63.8 cm³/mol. The quantitative estimate of drug-likeness (QED) is 0.831. The van der Waals surface area contributed by atoms with Gasteiger partial charge in [-0.25, -0.2) is 0 Å². The van der Waals surface area contributed by atoms with Gasteiger partial charge in [0.25, 0.3) is 0 Å². The van der Waals surface area contributed by atoms with Gasteiger partial charge in [0.1, 0.15) is 11.9 Å². The Morgan fingerprint density at radius 1 is 1.53 bits per heavy atom. The van der Waals surface area contributed by atoms with Crippen LogP contribution in [-0.4, -0.2) is 6.10 Å². The number of nitrogens with zero attached hydrogens (tertiary/aromatic N) is 1. The van der Waals surface area contributed by atoms with E-state index in [2.05, 4.69) is 22.0 Å². The number of rotatable bonds is 4. The van der Waals surface area contributed by atoms with Gasteiger partial charge in [-0.1, -0.05) is 13.0 Å². The first-order valence-corrected chi connectivity index (χ1v) is 5.76. The molecule has 1 atom stereocenters. The number of hydrogen-bond donors (Lipinski definition) is 0. The number of nitriles is 1. The molecule has 0 saturated carbocycles. The van der Waals surface area contributed by atoms with Crippen LogP contribution in [0.15, 0.2) is 22.7 Å². The van der Waals surface area contributed by atoms with Crippen molar-refractivity contribution in [3.05, 3.63) is 28.2 Å². The molecule has 2 nitrogen and oxygen atoms in total. The lowest BCUT2D eigenvalue weighted by molar-refractivity contribution is 0.201. The van der Waals surface area contributed by atoms with Gasteiger partial charge >= 0.3 is 0 Å². The summed E-state index contributed by atoms with van der Waals surface area (Å²) in [5.41, 5.74) is 1.18. The summed E-state index contributed by atoms with van der Waals surface area (Å²) < 4.78 is 6.66. The molecule has 1 rings (SSSR count). The number of halogens is 1. The van der Waals surface area contributed by atoms with E-state index < -0.39 is 0 Å². The normalized spacial score (nSPS) is 11.9. The Hall–Kier alpha value is -1.01. The maximum Gasteiger partial charge on any atom is 0.133 e. The zero-order chi connectivity index (χ0) is 11.3. The topological polar surface area (TPSA) is 33.0 Å². The zero-order valence-electron chi connectivity index (χ0n) is 8.96. The minimum atomic E-state index is -0.0194. The third-order valence-electron chi connectivity index (χ3n) is 2.16. The maximum absolute atomic E-state index is 8.62. The molecule has 0 aliphatic rings. The molecule has 0 radical (unpaired) electrons. The summed E-state index contributed by atoms with van der Waals surface area (Å²) in [5, 5.41) is 8.62. The molecular weight excluding hydrogens is 254 g/mol. The molecule has 80 valence electrons. The van der Waals surface area contributed by atoms with Crippen molar-refractivity contribution in [1.29, 1.82) is 5.26 Å². The van der Waals surface area contributed by atoms with Crippen LogP contribution in [0.5, 0.6) is 5.75 Å². The molecule has 0 bridgehead atoms. The first-order chi connectivity index (χ1) is 7.17. The second-order valence-corrected chi connectivity index (χ2v) is 4.30. The Bertz CT molecular complexity index is 370. The van der Waals surface area contributed by atoms with Crippen molar-refractivity contribution in [3.8, 4) is 11.8 Å². The highest BCUT2D eigenvalue weighted by molar-refractivity contribution is 9.10. The maximum atomic E-state index is 8.62. The summed E-state index contributed by atoms with van der Waals surface area (Å²) >= 11 is 3.45. The van der Waals surface area contributed by atoms with E-state index >= 15 is 0 Å². The molecule has 15 heavy (non-hydrogen) atoms. The minimum absolute atomic E-state index is 0.0194. The molecule has 3 heteroatoms. The van der Waals surface area contributed by atoms with Gasteiger partial charge in [-0.3, -0.25) is 0 Å². The highest BCUT2D eigenvalue weighted by Gasteiger charge is 2.09. The largest absolute Gasteiger partial charge is 0.488 e. The van der Waals surface area contributed by atoms with Crippen LogP contribution in [0.2, 0.25) is 0 Å². The monoisotopic (exact) mass is 267 g/mol. The number of benzene rings is 1.